The van der Waals surface area contributed by atoms with E-state index in [-0.39, 0.29) is 5.92 Å². The molecule has 3 fully saturated rings. The van der Waals surface area contributed by atoms with Crippen molar-refractivity contribution < 1.29 is 4.79 Å². The molecule has 1 saturated heterocycles. The molecule has 1 amide bonds. The number of rotatable bonds is 2. The molecular formula is C18H32N2O. The fourth-order valence-electron chi connectivity index (χ4n) is 4.87. The van der Waals surface area contributed by atoms with Gasteiger partial charge in [0.2, 0.25) is 5.91 Å². The molecule has 3 aliphatic rings. The number of carbonyl (C=O) groups is 1. The molecule has 1 aliphatic heterocycles. The molecule has 2 N–H and O–H groups in total. The smallest absolute Gasteiger partial charge is 0.225 e. The molecule has 2 atom stereocenters. The SMILES string of the molecule is CCC1(C)CCN(C(=O)C2CC3CCCC(C2)C3N)CC1. The first-order valence-corrected chi connectivity index (χ1v) is 9.07. The average Bonchev–Trinajstić information content (AvgIpc) is 2.47. The lowest BCUT2D eigenvalue weighted by atomic mass is 9.64. The highest BCUT2D eigenvalue weighted by Gasteiger charge is 2.42. The van der Waals surface area contributed by atoms with Crippen molar-refractivity contribution in [2.24, 2.45) is 28.9 Å². The van der Waals surface area contributed by atoms with E-state index in [9.17, 15) is 4.79 Å². The van der Waals surface area contributed by atoms with Gasteiger partial charge in [0.25, 0.3) is 0 Å². The lowest BCUT2D eigenvalue weighted by Crippen LogP contribution is -2.51. The van der Waals surface area contributed by atoms with Crippen LogP contribution in [0.3, 0.4) is 0 Å². The summed E-state index contributed by atoms with van der Waals surface area (Å²) in [4.78, 5) is 15.0. The molecule has 21 heavy (non-hydrogen) atoms. The lowest BCUT2D eigenvalue weighted by Gasteiger charge is -2.46. The third-order valence-electron chi connectivity index (χ3n) is 6.90. The van der Waals surface area contributed by atoms with Gasteiger partial charge in [-0.25, -0.2) is 0 Å². The number of hydrogen-bond acceptors (Lipinski definition) is 2. The largest absolute Gasteiger partial charge is 0.342 e. The highest BCUT2D eigenvalue weighted by molar-refractivity contribution is 5.79. The van der Waals surface area contributed by atoms with E-state index in [1.807, 2.05) is 0 Å². The summed E-state index contributed by atoms with van der Waals surface area (Å²) in [6, 6.07) is 0.368. The first-order chi connectivity index (χ1) is 10.0. The minimum absolute atomic E-state index is 0.270. The summed E-state index contributed by atoms with van der Waals surface area (Å²) in [6.07, 6.45) is 9.50. The van der Waals surface area contributed by atoms with Crippen molar-refractivity contribution in [1.29, 1.82) is 0 Å². The van der Waals surface area contributed by atoms with E-state index in [2.05, 4.69) is 18.7 Å². The lowest BCUT2D eigenvalue weighted by molar-refractivity contribution is -0.140. The number of nitrogens with two attached hydrogens (primary N) is 1. The molecule has 3 heteroatoms. The van der Waals surface area contributed by atoms with Gasteiger partial charge in [-0.1, -0.05) is 26.7 Å². The minimum atomic E-state index is 0.270. The molecule has 0 aromatic heterocycles. The normalized spacial score (nSPS) is 39.1. The van der Waals surface area contributed by atoms with E-state index < -0.39 is 0 Å². The Morgan fingerprint density at radius 3 is 2.29 bits per heavy atom. The Morgan fingerprint density at radius 2 is 1.76 bits per heavy atom. The number of nitrogens with zero attached hydrogens (tertiary/aromatic N) is 1. The molecule has 3 nitrogen and oxygen atoms in total. The van der Waals surface area contributed by atoms with E-state index >= 15 is 0 Å². The van der Waals surface area contributed by atoms with Crippen LogP contribution in [0.5, 0.6) is 0 Å². The Labute approximate surface area is 129 Å². The van der Waals surface area contributed by atoms with Gasteiger partial charge in [0.05, 0.1) is 0 Å². The Bertz CT molecular complexity index is 373. The average molecular weight is 292 g/mol. The Hall–Kier alpha value is -0.570. The number of hydrogen-bond donors (Lipinski definition) is 1. The van der Waals surface area contributed by atoms with Crippen LogP contribution < -0.4 is 5.73 Å². The molecule has 3 rings (SSSR count). The van der Waals surface area contributed by atoms with Gasteiger partial charge in [0.15, 0.2) is 0 Å². The van der Waals surface area contributed by atoms with Crippen molar-refractivity contribution in [3.8, 4) is 0 Å². The van der Waals surface area contributed by atoms with Crippen LogP contribution in [0.1, 0.15) is 65.2 Å². The van der Waals surface area contributed by atoms with Gasteiger partial charge in [0.1, 0.15) is 0 Å². The summed E-state index contributed by atoms with van der Waals surface area (Å²) in [5, 5.41) is 0. The van der Waals surface area contributed by atoms with E-state index in [4.69, 9.17) is 5.73 Å². The molecular weight excluding hydrogens is 260 g/mol. The molecule has 2 unspecified atom stereocenters. The summed E-state index contributed by atoms with van der Waals surface area (Å²) in [6.45, 7) is 6.60. The van der Waals surface area contributed by atoms with Gasteiger partial charge < -0.3 is 10.6 Å². The second-order valence-electron chi connectivity index (χ2n) is 8.19. The predicted octanol–water partition coefficient (Wildman–Crippen LogP) is 3.18. The van der Waals surface area contributed by atoms with Gasteiger partial charge in [-0.2, -0.15) is 0 Å². The van der Waals surface area contributed by atoms with Gasteiger partial charge in [-0.15, -0.1) is 0 Å². The third-order valence-corrected chi connectivity index (χ3v) is 6.90. The maximum Gasteiger partial charge on any atom is 0.225 e. The summed E-state index contributed by atoms with van der Waals surface area (Å²) in [7, 11) is 0. The summed E-state index contributed by atoms with van der Waals surface area (Å²) < 4.78 is 0. The van der Waals surface area contributed by atoms with Crippen LogP contribution in [0, 0.1) is 23.2 Å². The first kappa shape index (κ1) is 15.3. The summed E-state index contributed by atoms with van der Waals surface area (Å²) in [5.74, 6) is 1.93. The molecule has 2 saturated carbocycles. The zero-order valence-corrected chi connectivity index (χ0v) is 13.8. The molecule has 1 heterocycles. The van der Waals surface area contributed by atoms with Crippen molar-refractivity contribution in [2.45, 2.75) is 71.3 Å². The van der Waals surface area contributed by atoms with Gasteiger partial charge in [-0.05, 0) is 55.8 Å². The number of piperidine rings is 1. The first-order valence-electron chi connectivity index (χ1n) is 9.07. The highest BCUT2D eigenvalue weighted by atomic mass is 16.2. The van der Waals surface area contributed by atoms with Crippen molar-refractivity contribution in [1.82, 2.24) is 4.90 Å². The summed E-state index contributed by atoms with van der Waals surface area (Å²) >= 11 is 0. The van der Waals surface area contributed by atoms with Crippen LogP contribution in [0.4, 0.5) is 0 Å². The minimum Gasteiger partial charge on any atom is -0.342 e. The molecule has 0 aromatic carbocycles. The van der Waals surface area contributed by atoms with Crippen molar-refractivity contribution in [3.05, 3.63) is 0 Å². The second-order valence-corrected chi connectivity index (χ2v) is 8.19. The zero-order chi connectivity index (χ0) is 15.0. The van der Waals surface area contributed by atoms with Crippen LogP contribution >= 0.6 is 0 Å². The fourth-order valence-corrected chi connectivity index (χ4v) is 4.87. The quantitative estimate of drug-likeness (QED) is 0.849. The second kappa shape index (κ2) is 5.91. The molecule has 0 radical (unpaired) electrons. The van der Waals surface area contributed by atoms with Gasteiger partial charge in [-0.3, -0.25) is 4.79 Å². The molecule has 120 valence electrons. The van der Waals surface area contributed by atoms with E-state index in [1.54, 1.807) is 0 Å². The zero-order valence-electron chi connectivity index (χ0n) is 13.8. The Morgan fingerprint density at radius 1 is 1.19 bits per heavy atom. The van der Waals surface area contributed by atoms with E-state index in [1.165, 1.54) is 38.5 Å². The predicted molar refractivity (Wildman–Crippen MR) is 85.7 cm³/mol. The Kier molecular flexibility index (Phi) is 4.31. The summed E-state index contributed by atoms with van der Waals surface area (Å²) in [5.41, 5.74) is 6.81. The topological polar surface area (TPSA) is 46.3 Å². The molecule has 0 spiro atoms. The van der Waals surface area contributed by atoms with Gasteiger partial charge >= 0.3 is 0 Å². The fraction of sp³-hybridized carbons (Fsp3) is 0.944. The number of likely N-dealkylation sites (tertiary alicyclic amines) is 1. The van der Waals surface area contributed by atoms with Crippen LogP contribution in [0.15, 0.2) is 0 Å². The Balaban J connectivity index is 1.59. The number of fused-ring (bicyclic) bond motifs is 2. The van der Waals surface area contributed by atoms with Crippen LogP contribution in [0.2, 0.25) is 0 Å². The van der Waals surface area contributed by atoms with E-state index in [0.29, 0.717) is 29.2 Å². The van der Waals surface area contributed by atoms with Crippen LogP contribution in [-0.4, -0.2) is 29.9 Å². The monoisotopic (exact) mass is 292 g/mol. The third kappa shape index (κ3) is 2.99. The molecule has 0 aromatic rings. The van der Waals surface area contributed by atoms with Crippen molar-refractivity contribution in [3.63, 3.8) is 0 Å². The maximum absolute atomic E-state index is 12.9. The van der Waals surface area contributed by atoms with Gasteiger partial charge in [0, 0.05) is 25.0 Å². The number of amides is 1. The highest BCUT2D eigenvalue weighted by Crippen LogP contribution is 2.43. The van der Waals surface area contributed by atoms with Crippen LogP contribution in [-0.2, 0) is 4.79 Å². The van der Waals surface area contributed by atoms with Crippen molar-refractivity contribution in [2.75, 3.05) is 13.1 Å². The van der Waals surface area contributed by atoms with Crippen molar-refractivity contribution >= 4 is 5.91 Å². The number of carbonyl (C=O) groups excluding carboxylic acids is 1. The standard InChI is InChI=1S/C18H32N2O/c1-3-18(2)7-9-20(10-8-18)17(21)15-11-13-5-4-6-14(12-15)16(13)19/h13-16H,3-12,19H2,1-2H3. The maximum atomic E-state index is 12.9. The van der Waals surface area contributed by atoms with Crippen LogP contribution in [0.25, 0.3) is 0 Å². The molecule has 2 aliphatic carbocycles. The molecule has 2 bridgehead atoms. The van der Waals surface area contributed by atoms with E-state index in [0.717, 1.165) is 25.9 Å².